The third-order valence-corrected chi connectivity index (χ3v) is 3.39. The molecule has 90 valence electrons. The van der Waals surface area contributed by atoms with Crippen molar-refractivity contribution >= 4 is 11.6 Å². The summed E-state index contributed by atoms with van der Waals surface area (Å²) in [5.41, 5.74) is 0.308. The van der Waals surface area contributed by atoms with Gasteiger partial charge in [-0.15, -0.1) is 0 Å². The van der Waals surface area contributed by atoms with Crippen molar-refractivity contribution in [3.05, 3.63) is 0 Å². The van der Waals surface area contributed by atoms with E-state index in [-0.39, 0.29) is 17.6 Å². The van der Waals surface area contributed by atoms with Crippen molar-refractivity contribution in [2.24, 2.45) is 5.16 Å². The van der Waals surface area contributed by atoms with Crippen LogP contribution in [0.4, 0.5) is 0 Å². The van der Waals surface area contributed by atoms with Crippen LogP contribution in [0.2, 0.25) is 0 Å². The van der Waals surface area contributed by atoms with Gasteiger partial charge in [0, 0.05) is 32.5 Å². The molecule has 2 aliphatic heterocycles. The van der Waals surface area contributed by atoms with E-state index >= 15 is 0 Å². The Kier molecular flexibility index (Phi) is 2.88. The molecule has 2 heterocycles. The number of rotatable bonds is 2. The minimum absolute atomic E-state index is 0.0150. The summed E-state index contributed by atoms with van der Waals surface area (Å²) in [7, 11) is 1.80. The average Bonchev–Trinajstić information content (AvgIpc) is 2.87. The molecule has 1 N–H and O–H groups in total. The normalized spacial score (nSPS) is 28.4. The third kappa shape index (κ3) is 1.91. The minimum Gasteiger partial charge on any atom is -0.387 e. The summed E-state index contributed by atoms with van der Waals surface area (Å²) in [4.78, 5) is 19.2. The van der Waals surface area contributed by atoms with Gasteiger partial charge in [-0.2, -0.15) is 0 Å². The van der Waals surface area contributed by atoms with Crippen LogP contribution < -0.4 is 5.32 Å². The van der Waals surface area contributed by atoms with Gasteiger partial charge in [0.25, 0.3) is 5.91 Å². The highest BCUT2D eigenvalue weighted by atomic mass is 16.7. The molecule has 16 heavy (non-hydrogen) atoms. The smallest absolute Gasteiger partial charge is 0.271 e. The Morgan fingerprint density at radius 1 is 1.62 bits per heavy atom. The SMILES string of the molecule is CC(C)N(C)C(=O)C1=NO[C@@]2(CCNC2)C1. The summed E-state index contributed by atoms with van der Waals surface area (Å²) in [6, 6.07) is 0.188. The lowest BCUT2D eigenvalue weighted by atomic mass is 9.96. The van der Waals surface area contributed by atoms with Gasteiger partial charge in [-0.1, -0.05) is 5.16 Å². The van der Waals surface area contributed by atoms with Gasteiger partial charge in [0.15, 0.2) is 5.60 Å². The van der Waals surface area contributed by atoms with Crippen LogP contribution in [0.1, 0.15) is 26.7 Å². The van der Waals surface area contributed by atoms with Crippen LogP contribution in [-0.2, 0) is 9.63 Å². The van der Waals surface area contributed by atoms with E-state index in [1.165, 1.54) is 0 Å². The Balaban J connectivity index is 2.00. The van der Waals surface area contributed by atoms with Gasteiger partial charge >= 0.3 is 0 Å². The van der Waals surface area contributed by atoms with Gasteiger partial charge in [-0.25, -0.2) is 0 Å². The number of oxime groups is 1. The zero-order valence-electron chi connectivity index (χ0n) is 10.1. The Hall–Kier alpha value is -1.10. The third-order valence-electron chi connectivity index (χ3n) is 3.39. The van der Waals surface area contributed by atoms with Gasteiger partial charge in [0.2, 0.25) is 0 Å². The average molecular weight is 225 g/mol. The topological polar surface area (TPSA) is 53.9 Å². The van der Waals surface area contributed by atoms with Gasteiger partial charge in [0.05, 0.1) is 0 Å². The lowest BCUT2D eigenvalue weighted by molar-refractivity contribution is -0.124. The van der Waals surface area contributed by atoms with E-state index in [0.29, 0.717) is 12.1 Å². The molecule has 5 nitrogen and oxygen atoms in total. The number of nitrogens with zero attached hydrogens (tertiary/aromatic N) is 2. The first-order chi connectivity index (χ1) is 7.54. The van der Waals surface area contributed by atoms with Gasteiger partial charge < -0.3 is 15.1 Å². The largest absolute Gasteiger partial charge is 0.387 e. The molecule has 0 radical (unpaired) electrons. The fourth-order valence-corrected chi connectivity index (χ4v) is 2.02. The first-order valence-corrected chi connectivity index (χ1v) is 5.77. The summed E-state index contributed by atoms with van der Waals surface area (Å²) in [6.45, 7) is 5.71. The summed E-state index contributed by atoms with van der Waals surface area (Å²) in [5, 5.41) is 7.20. The van der Waals surface area contributed by atoms with Crippen molar-refractivity contribution in [3.63, 3.8) is 0 Å². The van der Waals surface area contributed by atoms with E-state index in [1.807, 2.05) is 13.8 Å². The molecule has 1 amide bonds. The standard InChI is InChI=1S/C11H19N3O2/c1-8(2)14(3)10(15)9-6-11(16-13-9)4-5-12-7-11/h8,12H,4-7H2,1-3H3/t11-/m0/s1. The lowest BCUT2D eigenvalue weighted by Crippen LogP contribution is -2.40. The summed E-state index contributed by atoms with van der Waals surface area (Å²) >= 11 is 0. The molecule has 0 aliphatic carbocycles. The second-order valence-electron chi connectivity index (χ2n) is 4.93. The van der Waals surface area contributed by atoms with Crippen LogP contribution in [0.25, 0.3) is 0 Å². The molecule has 0 aromatic heterocycles. The van der Waals surface area contributed by atoms with Gasteiger partial charge in [-0.3, -0.25) is 4.79 Å². The Bertz CT molecular complexity index is 319. The molecule has 0 aromatic carbocycles. The van der Waals surface area contributed by atoms with Crippen molar-refractivity contribution in [2.45, 2.75) is 38.3 Å². The number of hydrogen-bond donors (Lipinski definition) is 1. The zero-order valence-corrected chi connectivity index (χ0v) is 10.1. The van der Waals surface area contributed by atoms with Crippen LogP contribution in [0.5, 0.6) is 0 Å². The maximum atomic E-state index is 12.0. The van der Waals surface area contributed by atoms with Crippen molar-refractivity contribution in [1.82, 2.24) is 10.2 Å². The lowest BCUT2D eigenvalue weighted by Gasteiger charge is -2.22. The molecule has 1 spiro atoms. The van der Waals surface area contributed by atoms with E-state index in [2.05, 4.69) is 10.5 Å². The predicted molar refractivity (Wildman–Crippen MR) is 61.3 cm³/mol. The summed E-state index contributed by atoms with van der Waals surface area (Å²) in [6.07, 6.45) is 1.56. The van der Waals surface area contributed by atoms with E-state index in [9.17, 15) is 4.79 Å². The number of hydrogen-bond acceptors (Lipinski definition) is 4. The second-order valence-corrected chi connectivity index (χ2v) is 4.93. The molecule has 1 saturated heterocycles. The first kappa shape index (κ1) is 11.4. The summed E-state index contributed by atoms with van der Waals surface area (Å²) < 4.78 is 0. The van der Waals surface area contributed by atoms with E-state index < -0.39 is 0 Å². The molecule has 0 saturated carbocycles. The van der Waals surface area contributed by atoms with E-state index in [4.69, 9.17) is 4.84 Å². The quantitative estimate of drug-likeness (QED) is 0.738. The van der Waals surface area contributed by atoms with Crippen molar-refractivity contribution in [1.29, 1.82) is 0 Å². The molecule has 0 unspecified atom stereocenters. The van der Waals surface area contributed by atoms with Crippen LogP contribution >= 0.6 is 0 Å². The highest BCUT2D eigenvalue weighted by Gasteiger charge is 2.44. The predicted octanol–water partition coefficient (Wildman–Crippen LogP) is 0.362. The number of carbonyl (C=O) groups excluding carboxylic acids is 1. The zero-order chi connectivity index (χ0) is 11.8. The van der Waals surface area contributed by atoms with Gasteiger partial charge in [-0.05, 0) is 20.4 Å². The maximum Gasteiger partial charge on any atom is 0.271 e. The highest BCUT2D eigenvalue weighted by molar-refractivity contribution is 6.39. The van der Waals surface area contributed by atoms with Crippen molar-refractivity contribution < 1.29 is 9.63 Å². The Morgan fingerprint density at radius 3 is 2.94 bits per heavy atom. The second kappa shape index (κ2) is 4.05. The summed E-state index contributed by atoms with van der Waals surface area (Å²) in [5.74, 6) is -0.0150. The molecule has 1 atom stereocenters. The molecular weight excluding hydrogens is 206 g/mol. The highest BCUT2D eigenvalue weighted by Crippen LogP contribution is 2.30. The minimum atomic E-state index is -0.247. The number of amides is 1. The molecule has 5 heteroatoms. The molecule has 0 bridgehead atoms. The molecule has 2 aliphatic rings. The van der Waals surface area contributed by atoms with Crippen LogP contribution in [0, 0.1) is 0 Å². The van der Waals surface area contributed by atoms with Crippen LogP contribution in [0.3, 0.4) is 0 Å². The monoisotopic (exact) mass is 225 g/mol. The maximum absolute atomic E-state index is 12.0. The number of carbonyl (C=O) groups is 1. The van der Waals surface area contributed by atoms with Crippen molar-refractivity contribution in [3.8, 4) is 0 Å². The van der Waals surface area contributed by atoms with Crippen LogP contribution in [-0.4, -0.2) is 48.3 Å². The Labute approximate surface area is 95.8 Å². The molecule has 0 aromatic rings. The fourth-order valence-electron chi connectivity index (χ4n) is 2.02. The van der Waals surface area contributed by atoms with Crippen LogP contribution in [0.15, 0.2) is 5.16 Å². The fraction of sp³-hybridized carbons (Fsp3) is 0.818. The van der Waals surface area contributed by atoms with E-state index in [0.717, 1.165) is 19.5 Å². The van der Waals surface area contributed by atoms with Crippen molar-refractivity contribution in [2.75, 3.05) is 20.1 Å². The first-order valence-electron chi connectivity index (χ1n) is 5.77. The molecule has 2 rings (SSSR count). The molecular formula is C11H19N3O2. The Morgan fingerprint density at radius 2 is 2.38 bits per heavy atom. The molecule has 1 fully saturated rings. The van der Waals surface area contributed by atoms with E-state index in [1.54, 1.807) is 11.9 Å². The number of nitrogens with one attached hydrogen (secondary N) is 1. The van der Waals surface area contributed by atoms with Gasteiger partial charge in [0.1, 0.15) is 5.71 Å².